The van der Waals surface area contributed by atoms with E-state index in [1.807, 2.05) is 30.2 Å². The van der Waals surface area contributed by atoms with Gasteiger partial charge in [0.25, 0.3) is 5.91 Å². The van der Waals surface area contributed by atoms with E-state index in [0.29, 0.717) is 16.9 Å². The first kappa shape index (κ1) is 17.1. The summed E-state index contributed by atoms with van der Waals surface area (Å²) in [4.78, 5) is 22.7. The number of likely N-dealkylation sites (tertiary alicyclic amines) is 1. The SMILES string of the molecule is Cc1c[nH]c2c(Nc3cccc(C#N)c3)ncc(C(=O)N3CCCCC3)c12. The lowest BCUT2D eigenvalue weighted by atomic mass is 10.1. The smallest absolute Gasteiger partial charge is 0.256 e. The zero-order valence-corrected chi connectivity index (χ0v) is 15.2. The largest absolute Gasteiger partial charge is 0.358 e. The van der Waals surface area contributed by atoms with E-state index in [1.165, 1.54) is 6.42 Å². The molecule has 0 aliphatic carbocycles. The van der Waals surface area contributed by atoms with Crippen LogP contribution in [-0.2, 0) is 0 Å². The highest BCUT2D eigenvalue weighted by Crippen LogP contribution is 2.30. The van der Waals surface area contributed by atoms with Gasteiger partial charge in [0.15, 0.2) is 5.82 Å². The van der Waals surface area contributed by atoms with Crippen LogP contribution < -0.4 is 5.32 Å². The van der Waals surface area contributed by atoms with Gasteiger partial charge in [-0.2, -0.15) is 5.26 Å². The van der Waals surface area contributed by atoms with Crippen LogP contribution in [-0.4, -0.2) is 33.9 Å². The average molecular weight is 359 g/mol. The zero-order valence-electron chi connectivity index (χ0n) is 15.2. The predicted molar refractivity (Wildman–Crippen MR) is 105 cm³/mol. The van der Waals surface area contributed by atoms with E-state index in [9.17, 15) is 4.79 Å². The standard InChI is InChI=1S/C21H21N5O/c1-14-12-23-19-18(14)17(21(27)26-8-3-2-4-9-26)13-24-20(19)25-16-7-5-6-15(10-16)11-22/h5-7,10,12-13,23H,2-4,8-9H2,1H3,(H,24,25). The highest BCUT2D eigenvalue weighted by atomic mass is 16.2. The van der Waals surface area contributed by atoms with E-state index in [-0.39, 0.29) is 5.91 Å². The number of H-pyrrole nitrogens is 1. The van der Waals surface area contributed by atoms with Gasteiger partial charge in [-0.25, -0.2) is 4.98 Å². The van der Waals surface area contributed by atoms with Gasteiger partial charge in [0, 0.05) is 36.6 Å². The van der Waals surface area contributed by atoms with Gasteiger partial charge in [-0.3, -0.25) is 4.79 Å². The number of nitriles is 1. The van der Waals surface area contributed by atoms with E-state index >= 15 is 0 Å². The molecule has 0 spiro atoms. The van der Waals surface area contributed by atoms with Crippen LogP contribution >= 0.6 is 0 Å². The van der Waals surface area contributed by atoms with Crippen molar-refractivity contribution in [3.63, 3.8) is 0 Å². The Balaban J connectivity index is 1.72. The van der Waals surface area contributed by atoms with E-state index in [4.69, 9.17) is 5.26 Å². The molecular formula is C21H21N5O. The number of aromatic nitrogens is 2. The van der Waals surface area contributed by atoms with Crippen LogP contribution in [0.15, 0.2) is 36.7 Å². The number of carbonyl (C=O) groups excluding carboxylic acids is 1. The van der Waals surface area contributed by atoms with Crippen molar-refractivity contribution in [2.24, 2.45) is 0 Å². The molecule has 0 atom stereocenters. The summed E-state index contributed by atoms with van der Waals surface area (Å²) in [6, 6.07) is 9.38. The van der Waals surface area contributed by atoms with Gasteiger partial charge in [-0.05, 0) is 49.9 Å². The third-order valence-electron chi connectivity index (χ3n) is 5.03. The van der Waals surface area contributed by atoms with Crippen molar-refractivity contribution in [2.75, 3.05) is 18.4 Å². The van der Waals surface area contributed by atoms with Crippen LogP contribution in [0, 0.1) is 18.3 Å². The summed E-state index contributed by atoms with van der Waals surface area (Å²) in [6.07, 6.45) is 6.87. The van der Waals surface area contributed by atoms with Gasteiger partial charge in [0.1, 0.15) is 0 Å². The number of carbonyl (C=O) groups is 1. The Labute approximate surface area is 157 Å². The van der Waals surface area contributed by atoms with Gasteiger partial charge in [0.05, 0.1) is 22.7 Å². The maximum Gasteiger partial charge on any atom is 0.256 e. The molecule has 0 saturated carbocycles. The maximum absolute atomic E-state index is 13.0. The maximum atomic E-state index is 13.0. The molecule has 27 heavy (non-hydrogen) atoms. The first-order valence-electron chi connectivity index (χ1n) is 9.20. The number of piperidine rings is 1. The molecule has 1 aromatic carbocycles. The number of pyridine rings is 1. The summed E-state index contributed by atoms with van der Waals surface area (Å²) in [5.74, 6) is 0.691. The normalized spacial score (nSPS) is 14.1. The van der Waals surface area contributed by atoms with Crippen molar-refractivity contribution in [1.29, 1.82) is 5.26 Å². The minimum atomic E-state index is 0.0490. The van der Waals surface area contributed by atoms with Gasteiger partial charge in [-0.1, -0.05) is 6.07 Å². The Morgan fingerprint density at radius 1 is 1.30 bits per heavy atom. The molecule has 1 fully saturated rings. The second-order valence-electron chi connectivity index (χ2n) is 6.91. The second kappa shape index (κ2) is 7.12. The number of aromatic amines is 1. The fourth-order valence-electron chi connectivity index (χ4n) is 3.64. The number of anilines is 2. The fourth-order valence-corrected chi connectivity index (χ4v) is 3.64. The highest BCUT2D eigenvalue weighted by molar-refractivity contribution is 6.09. The molecule has 1 aliphatic rings. The number of nitrogens with zero attached hydrogens (tertiary/aromatic N) is 3. The predicted octanol–water partition coefficient (Wildman–Crippen LogP) is 4.11. The topological polar surface area (TPSA) is 84.8 Å². The van der Waals surface area contributed by atoms with Crippen LogP contribution in [0.2, 0.25) is 0 Å². The molecular weight excluding hydrogens is 338 g/mol. The first-order valence-corrected chi connectivity index (χ1v) is 9.20. The first-order chi connectivity index (χ1) is 13.2. The molecule has 3 aromatic rings. The number of amides is 1. The zero-order chi connectivity index (χ0) is 18.8. The van der Waals surface area contributed by atoms with Crippen molar-refractivity contribution in [2.45, 2.75) is 26.2 Å². The number of fused-ring (bicyclic) bond motifs is 1. The Kier molecular flexibility index (Phi) is 4.51. The molecule has 2 N–H and O–H groups in total. The molecule has 6 nitrogen and oxygen atoms in total. The minimum absolute atomic E-state index is 0.0490. The Hall–Kier alpha value is -3.33. The number of hydrogen-bond donors (Lipinski definition) is 2. The molecule has 1 saturated heterocycles. The van der Waals surface area contributed by atoms with Crippen LogP contribution in [0.1, 0.15) is 40.7 Å². The van der Waals surface area contributed by atoms with Crippen molar-refractivity contribution >= 4 is 28.3 Å². The third-order valence-corrected chi connectivity index (χ3v) is 5.03. The summed E-state index contributed by atoms with van der Waals surface area (Å²) in [5.41, 5.74) is 3.82. The number of nitrogens with one attached hydrogen (secondary N) is 2. The van der Waals surface area contributed by atoms with Crippen LogP contribution in [0.3, 0.4) is 0 Å². The van der Waals surface area contributed by atoms with Crippen LogP contribution in [0.5, 0.6) is 0 Å². The van der Waals surface area contributed by atoms with Crippen molar-refractivity contribution in [3.05, 3.63) is 53.3 Å². The number of rotatable bonds is 3. The number of aryl methyl sites for hydroxylation is 1. The number of hydrogen-bond acceptors (Lipinski definition) is 4. The Morgan fingerprint density at radius 3 is 2.89 bits per heavy atom. The van der Waals surface area contributed by atoms with E-state index in [0.717, 1.165) is 48.1 Å². The molecule has 4 rings (SSSR count). The minimum Gasteiger partial charge on any atom is -0.358 e. The van der Waals surface area contributed by atoms with E-state index in [1.54, 1.807) is 18.3 Å². The lowest BCUT2D eigenvalue weighted by Gasteiger charge is -2.27. The highest BCUT2D eigenvalue weighted by Gasteiger charge is 2.23. The molecule has 0 unspecified atom stereocenters. The monoisotopic (exact) mass is 359 g/mol. The second-order valence-corrected chi connectivity index (χ2v) is 6.91. The van der Waals surface area contributed by atoms with Gasteiger partial charge in [-0.15, -0.1) is 0 Å². The van der Waals surface area contributed by atoms with E-state index in [2.05, 4.69) is 21.4 Å². The molecule has 0 radical (unpaired) electrons. The van der Waals surface area contributed by atoms with Crippen molar-refractivity contribution < 1.29 is 4.79 Å². The fraction of sp³-hybridized carbons (Fsp3) is 0.286. The Bertz CT molecular complexity index is 1040. The van der Waals surface area contributed by atoms with Crippen LogP contribution in [0.25, 0.3) is 10.9 Å². The molecule has 3 heterocycles. The summed E-state index contributed by atoms with van der Waals surface area (Å²) in [7, 11) is 0. The van der Waals surface area contributed by atoms with Gasteiger partial charge < -0.3 is 15.2 Å². The molecule has 136 valence electrons. The summed E-state index contributed by atoms with van der Waals surface area (Å²) < 4.78 is 0. The van der Waals surface area contributed by atoms with Crippen molar-refractivity contribution in [1.82, 2.24) is 14.9 Å². The van der Waals surface area contributed by atoms with E-state index < -0.39 is 0 Å². The quantitative estimate of drug-likeness (QED) is 0.737. The van der Waals surface area contributed by atoms with Crippen molar-refractivity contribution in [3.8, 4) is 6.07 Å². The Morgan fingerprint density at radius 2 is 2.11 bits per heavy atom. The summed E-state index contributed by atoms with van der Waals surface area (Å²) in [5, 5.41) is 13.2. The molecule has 2 aromatic heterocycles. The summed E-state index contributed by atoms with van der Waals surface area (Å²) >= 11 is 0. The average Bonchev–Trinajstić information content (AvgIpc) is 3.11. The molecule has 1 amide bonds. The molecule has 0 bridgehead atoms. The molecule has 6 heteroatoms. The van der Waals surface area contributed by atoms with Gasteiger partial charge >= 0.3 is 0 Å². The summed E-state index contributed by atoms with van der Waals surface area (Å²) in [6.45, 7) is 3.61. The third kappa shape index (κ3) is 3.24. The van der Waals surface area contributed by atoms with Crippen LogP contribution in [0.4, 0.5) is 11.5 Å². The lowest BCUT2D eigenvalue weighted by Crippen LogP contribution is -2.35. The molecule has 1 aliphatic heterocycles. The lowest BCUT2D eigenvalue weighted by molar-refractivity contribution is 0.0726. The van der Waals surface area contributed by atoms with Gasteiger partial charge in [0.2, 0.25) is 0 Å². The number of benzene rings is 1.